The van der Waals surface area contributed by atoms with E-state index in [1.165, 1.54) is 0 Å². The molecular weight excluding hydrogens is 204 g/mol. The van der Waals surface area contributed by atoms with Gasteiger partial charge in [0.2, 0.25) is 5.91 Å². The molecule has 0 saturated carbocycles. The van der Waals surface area contributed by atoms with Crippen molar-refractivity contribution in [2.75, 3.05) is 19.8 Å². The average Bonchev–Trinajstić information content (AvgIpc) is 2.70. The third-order valence-corrected chi connectivity index (χ3v) is 2.57. The topological polar surface area (TPSA) is 64.3 Å². The number of nitrogens with two attached hydrogens (primary N) is 1. The molecule has 4 nitrogen and oxygen atoms in total. The fourth-order valence-corrected chi connectivity index (χ4v) is 1.68. The predicted octanol–water partition coefficient (Wildman–Crippen LogP) is 0.823. The number of hydrogen-bond donors (Lipinski definition) is 2. The van der Waals surface area contributed by atoms with E-state index in [0.717, 1.165) is 25.9 Å². The van der Waals surface area contributed by atoms with Gasteiger partial charge in [-0.1, -0.05) is 19.1 Å². The van der Waals surface area contributed by atoms with E-state index < -0.39 is 0 Å². The molecule has 16 heavy (non-hydrogen) atoms. The van der Waals surface area contributed by atoms with E-state index in [0.29, 0.717) is 13.2 Å². The third kappa shape index (κ3) is 4.77. The van der Waals surface area contributed by atoms with Gasteiger partial charge in [-0.25, -0.2) is 0 Å². The Bertz CT molecular complexity index is 241. The number of carbonyl (C=O) groups is 1. The molecular formula is C12H22N2O2. The van der Waals surface area contributed by atoms with Crippen molar-refractivity contribution in [2.45, 2.75) is 32.2 Å². The maximum Gasteiger partial charge on any atom is 0.226 e. The van der Waals surface area contributed by atoms with Gasteiger partial charge in [-0.15, -0.1) is 0 Å². The molecule has 0 spiro atoms. The molecule has 0 aromatic heterocycles. The third-order valence-electron chi connectivity index (χ3n) is 2.57. The van der Waals surface area contributed by atoms with E-state index in [1.54, 1.807) is 0 Å². The average molecular weight is 226 g/mol. The minimum absolute atomic E-state index is 0.0356. The molecule has 0 aliphatic heterocycles. The van der Waals surface area contributed by atoms with Gasteiger partial charge in [0.1, 0.15) is 0 Å². The lowest BCUT2D eigenvalue weighted by atomic mass is 10.1. The van der Waals surface area contributed by atoms with Crippen LogP contribution >= 0.6 is 0 Å². The smallest absolute Gasteiger partial charge is 0.226 e. The van der Waals surface area contributed by atoms with Crippen molar-refractivity contribution in [3.63, 3.8) is 0 Å². The summed E-state index contributed by atoms with van der Waals surface area (Å²) in [5.74, 6) is 0.0475. The Morgan fingerprint density at radius 1 is 1.50 bits per heavy atom. The number of nitrogens with one attached hydrogen (secondary N) is 1. The number of hydrogen-bond acceptors (Lipinski definition) is 3. The van der Waals surface area contributed by atoms with Crippen molar-refractivity contribution < 1.29 is 9.53 Å². The van der Waals surface area contributed by atoms with Crippen molar-refractivity contribution in [3.05, 3.63) is 12.2 Å². The van der Waals surface area contributed by atoms with Gasteiger partial charge in [0.05, 0.1) is 5.92 Å². The van der Waals surface area contributed by atoms with E-state index in [4.69, 9.17) is 10.5 Å². The number of carbonyl (C=O) groups excluding carboxylic acids is 1. The number of rotatable bonds is 7. The molecule has 2 atom stereocenters. The summed E-state index contributed by atoms with van der Waals surface area (Å²) in [6, 6.07) is 0.0450. The highest BCUT2D eigenvalue weighted by atomic mass is 16.5. The summed E-state index contributed by atoms with van der Waals surface area (Å²) in [6.45, 7) is 4.28. The first-order chi connectivity index (χ1) is 7.74. The molecule has 0 aromatic rings. The lowest BCUT2D eigenvalue weighted by Gasteiger charge is -2.10. The highest BCUT2D eigenvalue weighted by molar-refractivity contribution is 5.81. The van der Waals surface area contributed by atoms with Crippen LogP contribution in [0.3, 0.4) is 0 Å². The van der Waals surface area contributed by atoms with E-state index in [2.05, 4.69) is 12.2 Å². The van der Waals surface area contributed by atoms with Crippen molar-refractivity contribution in [2.24, 2.45) is 11.7 Å². The van der Waals surface area contributed by atoms with Crippen molar-refractivity contribution in [1.29, 1.82) is 0 Å². The van der Waals surface area contributed by atoms with Crippen LogP contribution in [-0.4, -0.2) is 31.7 Å². The molecule has 1 amide bonds. The zero-order valence-electron chi connectivity index (χ0n) is 9.95. The Hall–Kier alpha value is -0.870. The Balaban J connectivity index is 2.01. The summed E-state index contributed by atoms with van der Waals surface area (Å²) in [6.07, 6.45) is 6.44. The molecule has 0 bridgehead atoms. The highest BCUT2D eigenvalue weighted by Crippen LogP contribution is 2.15. The molecule has 3 N–H and O–H groups in total. The largest absolute Gasteiger partial charge is 0.381 e. The summed E-state index contributed by atoms with van der Waals surface area (Å²) < 4.78 is 5.32. The Morgan fingerprint density at radius 3 is 2.94 bits per heavy atom. The van der Waals surface area contributed by atoms with E-state index in [9.17, 15) is 4.79 Å². The molecule has 1 rings (SSSR count). The van der Waals surface area contributed by atoms with E-state index in [1.807, 2.05) is 12.2 Å². The maximum absolute atomic E-state index is 11.6. The Morgan fingerprint density at radius 2 is 2.31 bits per heavy atom. The molecule has 92 valence electrons. The predicted molar refractivity (Wildman–Crippen MR) is 64.0 cm³/mol. The SMILES string of the molecule is CCCOCCCNC(=O)C1C=CC(N)C1. The van der Waals surface area contributed by atoms with E-state index in [-0.39, 0.29) is 17.9 Å². The molecule has 1 aliphatic carbocycles. The van der Waals surface area contributed by atoms with Crippen molar-refractivity contribution in [1.82, 2.24) is 5.32 Å². The molecule has 0 saturated heterocycles. The van der Waals surface area contributed by atoms with Crippen LogP contribution in [0.15, 0.2) is 12.2 Å². The van der Waals surface area contributed by atoms with Gasteiger partial charge in [0.25, 0.3) is 0 Å². The van der Waals surface area contributed by atoms with Gasteiger partial charge in [-0.05, 0) is 19.3 Å². The molecule has 0 aromatic carbocycles. The fourth-order valence-electron chi connectivity index (χ4n) is 1.68. The highest BCUT2D eigenvalue weighted by Gasteiger charge is 2.21. The van der Waals surface area contributed by atoms with E-state index >= 15 is 0 Å². The second kappa shape index (κ2) is 7.41. The van der Waals surface area contributed by atoms with Crippen LogP contribution < -0.4 is 11.1 Å². The molecule has 0 heterocycles. The second-order valence-corrected chi connectivity index (χ2v) is 4.15. The van der Waals surface area contributed by atoms with Crippen molar-refractivity contribution >= 4 is 5.91 Å². The van der Waals surface area contributed by atoms with Crippen LogP contribution in [0.5, 0.6) is 0 Å². The molecule has 2 unspecified atom stereocenters. The normalized spacial score (nSPS) is 23.6. The zero-order valence-corrected chi connectivity index (χ0v) is 9.95. The monoisotopic (exact) mass is 226 g/mol. The standard InChI is InChI=1S/C12H22N2O2/c1-2-7-16-8-3-6-14-12(15)10-4-5-11(13)9-10/h4-5,10-11H,2-3,6-9,13H2,1H3,(H,14,15). The van der Waals surface area contributed by atoms with Crippen LogP contribution in [0.25, 0.3) is 0 Å². The second-order valence-electron chi connectivity index (χ2n) is 4.15. The zero-order chi connectivity index (χ0) is 11.8. The summed E-state index contributed by atoms with van der Waals surface area (Å²) in [4.78, 5) is 11.6. The minimum atomic E-state index is -0.0356. The first-order valence-electron chi connectivity index (χ1n) is 6.03. The summed E-state index contributed by atoms with van der Waals surface area (Å²) >= 11 is 0. The van der Waals surface area contributed by atoms with Crippen LogP contribution in [0, 0.1) is 5.92 Å². The molecule has 4 heteroatoms. The van der Waals surface area contributed by atoms with Crippen LogP contribution in [0.2, 0.25) is 0 Å². The van der Waals surface area contributed by atoms with Crippen LogP contribution in [0.1, 0.15) is 26.2 Å². The number of amides is 1. The van der Waals surface area contributed by atoms with Crippen molar-refractivity contribution in [3.8, 4) is 0 Å². The van der Waals surface area contributed by atoms with Gasteiger partial charge < -0.3 is 15.8 Å². The van der Waals surface area contributed by atoms with Gasteiger partial charge in [0, 0.05) is 25.8 Å². The Labute approximate surface area is 97.2 Å². The first kappa shape index (κ1) is 13.2. The van der Waals surface area contributed by atoms with Gasteiger partial charge >= 0.3 is 0 Å². The molecule has 0 radical (unpaired) electrons. The molecule has 0 fully saturated rings. The lowest BCUT2D eigenvalue weighted by molar-refractivity contribution is -0.123. The fraction of sp³-hybridized carbons (Fsp3) is 0.750. The first-order valence-corrected chi connectivity index (χ1v) is 6.03. The van der Waals surface area contributed by atoms with Gasteiger partial charge in [-0.3, -0.25) is 4.79 Å². The molecule has 1 aliphatic rings. The Kier molecular flexibility index (Phi) is 6.11. The maximum atomic E-state index is 11.6. The summed E-state index contributed by atoms with van der Waals surface area (Å²) in [7, 11) is 0. The number of ether oxygens (including phenoxy) is 1. The quantitative estimate of drug-likeness (QED) is 0.499. The summed E-state index contributed by atoms with van der Waals surface area (Å²) in [5, 5.41) is 2.90. The summed E-state index contributed by atoms with van der Waals surface area (Å²) in [5.41, 5.74) is 5.69. The van der Waals surface area contributed by atoms with Crippen LogP contribution in [0.4, 0.5) is 0 Å². The minimum Gasteiger partial charge on any atom is -0.381 e. The van der Waals surface area contributed by atoms with Crippen LogP contribution in [-0.2, 0) is 9.53 Å². The van der Waals surface area contributed by atoms with Gasteiger partial charge in [0.15, 0.2) is 0 Å². The lowest BCUT2D eigenvalue weighted by Crippen LogP contribution is -2.31. The van der Waals surface area contributed by atoms with Gasteiger partial charge in [-0.2, -0.15) is 0 Å².